The molecule has 1 aromatic carbocycles. The monoisotopic (exact) mass is 263 g/mol. The summed E-state index contributed by atoms with van der Waals surface area (Å²) in [7, 11) is 1.92. The van der Waals surface area contributed by atoms with E-state index in [4.69, 9.17) is 11.6 Å². The molecule has 1 N–H and O–H groups in total. The first-order chi connectivity index (χ1) is 8.59. The van der Waals surface area contributed by atoms with E-state index < -0.39 is 0 Å². The van der Waals surface area contributed by atoms with E-state index in [1.807, 2.05) is 18.7 Å². The van der Waals surface area contributed by atoms with Crippen molar-refractivity contribution in [2.24, 2.45) is 7.05 Å². The van der Waals surface area contributed by atoms with E-state index in [0.717, 1.165) is 29.5 Å². The van der Waals surface area contributed by atoms with Crippen molar-refractivity contribution in [2.45, 2.75) is 26.9 Å². The number of hydrogen-bond donors (Lipinski definition) is 1. The van der Waals surface area contributed by atoms with Gasteiger partial charge in [-0.15, -0.1) is 0 Å². The van der Waals surface area contributed by atoms with Gasteiger partial charge < -0.3 is 5.32 Å². The largest absolute Gasteiger partial charge is 0.307 e. The Morgan fingerprint density at radius 1 is 1.22 bits per heavy atom. The van der Waals surface area contributed by atoms with Gasteiger partial charge >= 0.3 is 0 Å². The average Bonchev–Trinajstić information content (AvgIpc) is 2.58. The summed E-state index contributed by atoms with van der Waals surface area (Å²) in [5.74, 6) is 0. The summed E-state index contributed by atoms with van der Waals surface area (Å²) < 4.78 is 1.84. The lowest BCUT2D eigenvalue weighted by Crippen LogP contribution is -2.16. The Morgan fingerprint density at radius 3 is 2.56 bits per heavy atom. The topological polar surface area (TPSA) is 29.9 Å². The number of aryl methyl sites for hydroxylation is 3. The molecule has 18 heavy (non-hydrogen) atoms. The van der Waals surface area contributed by atoms with Crippen LogP contribution in [0.3, 0.4) is 0 Å². The van der Waals surface area contributed by atoms with Gasteiger partial charge in [0.2, 0.25) is 0 Å². The van der Waals surface area contributed by atoms with Crippen LogP contribution in [0.25, 0.3) is 0 Å². The Balaban J connectivity index is 1.99. The second kappa shape index (κ2) is 5.55. The molecule has 0 atom stereocenters. The maximum Gasteiger partial charge on any atom is 0.0860 e. The van der Waals surface area contributed by atoms with E-state index in [9.17, 15) is 0 Å². The standard InChI is InChI=1S/C14H18ClN3/c1-10-6-4-5-7-12(10)8-16-9-13-14(15)11(2)17-18(13)3/h4-7,16H,8-9H2,1-3H3. The third-order valence-electron chi connectivity index (χ3n) is 3.13. The van der Waals surface area contributed by atoms with Gasteiger partial charge in [-0.25, -0.2) is 0 Å². The number of nitrogens with zero attached hydrogens (tertiary/aromatic N) is 2. The van der Waals surface area contributed by atoms with E-state index in [0.29, 0.717) is 0 Å². The molecule has 2 aromatic rings. The molecule has 0 aliphatic rings. The molecule has 3 nitrogen and oxygen atoms in total. The van der Waals surface area contributed by atoms with E-state index in [-0.39, 0.29) is 0 Å². The molecule has 2 rings (SSSR count). The van der Waals surface area contributed by atoms with Crippen molar-refractivity contribution < 1.29 is 0 Å². The van der Waals surface area contributed by atoms with E-state index in [1.54, 1.807) is 0 Å². The van der Waals surface area contributed by atoms with E-state index in [2.05, 4.69) is 41.6 Å². The zero-order valence-corrected chi connectivity index (χ0v) is 11.8. The summed E-state index contributed by atoms with van der Waals surface area (Å²) in [6.07, 6.45) is 0. The summed E-state index contributed by atoms with van der Waals surface area (Å²) in [5, 5.41) is 8.47. The number of nitrogens with one attached hydrogen (secondary N) is 1. The summed E-state index contributed by atoms with van der Waals surface area (Å²) in [4.78, 5) is 0. The number of aromatic nitrogens is 2. The molecule has 4 heteroatoms. The molecule has 96 valence electrons. The highest BCUT2D eigenvalue weighted by Crippen LogP contribution is 2.19. The first-order valence-electron chi connectivity index (χ1n) is 6.02. The first-order valence-corrected chi connectivity index (χ1v) is 6.40. The van der Waals surface area contributed by atoms with Gasteiger partial charge in [0.05, 0.1) is 16.4 Å². The fourth-order valence-corrected chi connectivity index (χ4v) is 2.22. The minimum absolute atomic E-state index is 0.727. The quantitative estimate of drug-likeness (QED) is 0.919. The third kappa shape index (κ3) is 2.74. The van der Waals surface area contributed by atoms with Crippen LogP contribution < -0.4 is 5.32 Å². The number of hydrogen-bond acceptors (Lipinski definition) is 2. The predicted octanol–water partition coefficient (Wildman–Crippen LogP) is 2.98. The van der Waals surface area contributed by atoms with Crippen molar-refractivity contribution in [1.82, 2.24) is 15.1 Å². The van der Waals surface area contributed by atoms with Gasteiger partial charge in [0.1, 0.15) is 0 Å². The van der Waals surface area contributed by atoms with Crippen LogP contribution >= 0.6 is 11.6 Å². The van der Waals surface area contributed by atoms with Gasteiger partial charge in [-0.3, -0.25) is 4.68 Å². The van der Waals surface area contributed by atoms with Crippen LogP contribution in [0.1, 0.15) is 22.5 Å². The van der Waals surface area contributed by atoms with Gasteiger partial charge in [0.25, 0.3) is 0 Å². The SMILES string of the molecule is Cc1ccccc1CNCc1c(Cl)c(C)nn1C. The molecule has 0 bridgehead atoms. The van der Waals surface area contributed by atoms with Crippen LogP contribution in [0, 0.1) is 13.8 Å². The fraction of sp³-hybridized carbons (Fsp3) is 0.357. The minimum Gasteiger partial charge on any atom is -0.307 e. The number of benzene rings is 1. The maximum atomic E-state index is 6.20. The lowest BCUT2D eigenvalue weighted by Gasteiger charge is -2.08. The minimum atomic E-state index is 0.727. The Morgan fingerprint density at radius 2 is 1.94 bits per heavy atom. The van der Waals surface area contributed by atoms with Crippen molar-refractivity contribution in [1.29, 1.82) is 0 Å². The van der Waals surface area contributed by atoms with Gasteiger partial charge in [0, 0.05) is 20.1 Å². The first kappa shape index (κ1) is 13.1. The maximum absolute atomic E-state index is 6.20. The van der Waals surface area contributed by atoms with Crippen molar-refractivity contribution in [3.05, 3.63) is 51.8 Å². The van der Waals surface area contributed by atoms with Crippen LogP contribution in [0.2, 0.25) is 5.02 Å². The second-order valence-electron chi connectivity index (χ2n) is 4.50. The van der Waals surface area contributed by atoms with Crippen molar-refractivity contribution in [3.63, 3.8) is 0 Å². The molecule has 1 heterocycles. The molecule has 0 aliphatic carbocycles. The molecule has 0 fully saturated rings. The van der Waals surface area contributed by atoms with Crippen LogP contribution in [0.4, 0.5) is 0 Å². The van der Waals surface area contributed by atoms with Crippen molar-refractivity contribution >= 4 is 11.6 Å². The summed E-state index contributed by atoms with van der Waals surface area (Å²) >= 11 is 6.20. The molecule has 1 aromatic heterocycles. The highest BCUT2D eigenvalue weighted by Gasteiger charge is 2.10. The zero-order chi connectivity index (χ0) is 13.1. The highest BCUT2D eigenvalue weighted by atomic mass is 35.5. The Hall–Kier alpha value is -1.32. The molecular formula is C14H18ClN3. The molecule has 0 saturated heterocycles. The Bertz CT molecular complexity index is 546. The predicted molar refractivity (Wildman–Crippen MR) is 74.7 cm³/mol. The third-order valence-corrected chi connectivity index (χ3v) is 3.62. The Labute approximate surface area is 113 Å². The number of rotatable bonds is 4. The molecule has 0 aliphatic heterocycles. The molecule has 0 spiro atoms. The van der Waals surface area contributed by atoms with Crippen LogP contribution in [-0.2, 0) is 20.1 Å². The zero-order valence-electron chi connectivity index (χ0n) is 11.0. The average molecular weight is 264 g/mol. The van der Waals surface area contributed by atoms with Crippen LogP contribution in [0.15, 0.2) is 24.3 Å². The van der Waals surface area contributed by atoms with Gasteiger partial charge in [-0.2, -0.15) is 5.10 Å². The molecule has 0 amide bonds. The van der Waals surface area contributed by atoms with Gasteiger partial charge in [-0.05, 0) is 25.0 Å². The van der Waals surface area contributed by atoms with Crippen molar-refractivity contribution in [3.8, 4) is 0 Å². The Kier molecular flexibility index (Phi) is 4.04. The molecule has 0 radical (unpaired) electrons. The molecular weight excluding hydrogens is 246 g/mol. The van der Waals surface area contributed by atoms with Crippen molar-refractivity contribution in [2.75, 3.05) is 0 Å². The van der Waals surface area contributed by atoms with E-state index in [1.165, 1.54) is 11.1 Å². The van der Waals surface area contributed by atoms with Crippen LogP contribution in [-0.4, -0.2) is 9.78 Å². The summed E-state index contributed by atoms with van der Waals surface area (Å²) in [6, 6.07) is 8.38. The lowest BCUT2D eigenvalue weighted by atomic mass is 10.1. The normalized spacial score (nSPS) is 10.9. The van der Waals surface area contributed by atoms with E-state index >= 15 is 0 Å². The lowest BCUT2D eigenvalue weighted by molar-refractivity contribution is 0.623. The molecule has 0 saturated carbocycles. The molecule has 0 unspecified atom stereocenters. The smallest absolute Gasteiger partial charge is 0.0860 e. The van der Waals surface area contributed by atoms with Gasteiger partial charge in [-0.1, -0.05) is 35.9 Å². The van der Waals surface area contributed by atoms with Crippen LogP contribution in [0.5, 0.6) is 0 Å². The summed E-state index contributed by atoms with van der Waals surface area (Å²) in [6.45, 7) is 5.61. The number of halogens is 1. The summed E-state index contributed by atoms with van der Waals surface area (Å²) in [5.41, 5.74) is 4.53. The van der Waals surface area contributed by atoms with Gasteiger partial charge in [0.15, 0.2) is 0 Å². The highest BCUT2D eigenvalue weighted by molar-refractivity contribution is 6.31. The fourth-order valence-electron chi connectivity index (χ4n) is 2.00. The second-order valence-corrected chi connectivity index (χ2v) is 4.88.